The molecule has 0 radical (unpaired) electrons. The average molecular weight is 411 g/mol. The van der Waals surface area contributed by atoms with Crippen molar-refractivity contribution in [2.24, 2.45) is 0 Å². The highest BCUT2D eigenvalue weighted by atomic mass is 28.4. The first-order chi connectivity index (χ1) is 11.7. The number of amides is 2. The number of hydrogen-bond donors (Lipinski definition) is 0. The monoisotopic (exact) mass is 410 g/mol. The van der Waals surface area contributed by atoms with Gasteiger partial charge in [-0.1, -0.05) is 19.6 Å². The van der Waals surface area contributed by atoms with Crippen molar-refractivity contribution >= 4 is 36.6 Å². The Balaban J connectivity index is 2.36. The molecule has 0 N–H and O–H groups in total. The number of carbonyl (C=O) groups excluding carboxylic acids is 1. The molecule has 0 bridgehead atoms. The summed E-state index contributed by atoms with van der Waals surface area (Å²) in [4.78, 5) is 14.8. The van der Waals surface area contributed by atoms with E-state index in [4.69, 9.17) is 8.85 Å². The first-order valence-electron chi connectivity index (χ1n) is 9.29. The van der Waals surface area contributed by atoms with Crippen LogP contribution < -0.4 is 13.8 Å². The molecule has 0 unspecified atom stereocenters. The zero-order valence-corrected chi connectivity index (χ0v) is 20.8. The zero-order chi connectivity index (χ0) is 19.9. The Morgan fingerprint density at radius 3 is 1.81 bits per heavy atom. The molecule has 0 saturated carbocycles. The molecule has 1 aromatic rings. The van der Waals surface area contributed by atoms with E-state index in [0.29, 0.717) is 0 Å². The Morgan fingerprint density at radius 2 is 1.35 bits per heavy atom. The van der Waals surface area contributed by atoms with Crippen molar-refractivity contribution in [2.45, 2.75) is 58.9 Å². The Labute approximate surface area is 161 Å². The fraction of sp³-hybridized carbons (Fsp3) is 0.611. The number of anilines is 1. The van der Waals surface area contributed by atoms with Crippen molar-refractivity contribution in [3.05, 3.63) is 18.2 Å². The van der Waals surface area contributed by atoms with Crippen LogP contribution in [0.3, 0.4) is 0 Å². The Morgan fingerprint density at radius 1 is 0.808 bits per heavy atom. The van der Waals surface area contributed by atoms with Crippen LogP contribution in [0.1, 0.15) is 0 Å². The number of carbonyl (C=O) groups is 1. The lowest BCUT2D eigenvalue weighted by atomic mass is 10.2. The van der Waals surface area contributed by atoms with Crippen molar-refractivity contribution in [2.75, 3.05) is 18.0 Å². The van der Waals surface area contributed by atoms with Gasteiger partial charge in [-0.2, -0.15) is 0 Å². The van der Waals surface area contributed by atoms with Crippen molar-refractivity contribution in [1.29, 1.82) is 0 Å². The molecule has 1 aromatic carbocycles. The highest BCUT2D eigenvalue weighted by Gasteiger charge is 2.38. The van der Waals surface area contributed by atoms with Gasteiger partial charge in [0.05, 0.1) is 0 Å². The number of urea groups is 1. The summed E-state index contributed by atoms with van der Waals surface area (Å²) in [6.45, 7) is 21.1. The maximum Gasteiger partial charge on any atom is 0.316 e. The second-order valence-electron chi connectivity index (χ2n) is 9.82. The van der Waals surface area contributed by atoms with Crippen LogP contribution in [0.2, 0.25) is 58.9 Å². The second kappa shape index (κ2) is 7.05. The predicted octanol–water partition coefficient (Wildman–Crippen LogP) is 5.19. The van der Waals surface area contributed by atoms with Gasteiger partial charge in [0.1, 0.15) is 11.5 Å². The molecule has 0 aliphatic carbocycles. The van der Waals surface area contributed by atoms with Gasteiger partial charge in [-0.05, 0) is 51.4 Å². The standard InChI is InChI=1S/C18H34N2O3Si3/c1-24(2,3)20-13-12-19(18(20)21)15-10-11-16(22-25(4,5)6)17(14-15)23-26(7,8)9/h10-11,14H,12-13H2,1-9H3. The predicted molar refractivity (Wildman–Crippen MR) is 117 cm³/mol. The third kappa shape index (κ3) is 5.37. The number of benzene rings is 1. The van der Waals surface area contributed by atoms with Gasteiger partial charge in [-0.15, -0.1) is 0 Å². The van der Waals surface area contributed by atoms with Crippen LogP contribution in [-0.2, 0) is 0 Å². The lowest BCUT2D eigenvalue weighted by Crippen LogP contribution is -2.48. The minimum Gasteiger partial charge on any atom is -0.542 e. The van der Waals surface area contributed by atoms with Crippen LogP contribution in [0.25, 0.3) is 0 Å². The average Bonchev–Trinajstić information content (AvgIpc) is 2.79. The van der Waals surface area contributed by atoms with Crippen LogP contribution in [-0.4, -0.2) is 48.6 Å². The lowest BCUT2D eigenvalue weighted by molar-refractivity contribution is 0.238. The first-order valence-corrected chi connectivity index (χ1v) is 19.5. The molecule has 0 aromatic heterocycles. The quantitative estimate of drug-likeness (QED) is 0.606. The van der Waals surface area contributed by atoms with E-state index >= 15 is 0 Å². The molecule has 8 heteroatoms. The van der Waals surface area contributed by atoms with Gasteiger partial charge >= 0.3 is 6.03 Å². The fourth-order valence-electron chi connectivity index (χ4n) is 2.89. The summed E-state index contributed by atoms with van der Waals surface area (Å²) < 4.78 is 14.6. The zero-order valence-electron chi connectivity index (χ0n) is 17.8. The summed E-state index contributed by atoms with van der Waals surface area (Å²) in [6.07, 6.45) is 0. The molecule has 0 atom stereocenters. The third-order valence-corrected chi connectivity index (χ3v) is 7.59. The third-order valence-electron chi connectivity index (χ3n) is 3.89. The van der Waals surface area contributed by atoms with Crippen molar-refractivity contribution < 1.29 is 13.6 Å². The molecule has 5 nitrogen and oxygen atoms in total. The molecule has 1 heterocycles. The maximum atomic E-state index is 12.9. The normalized spacial score (nSPS) is 16.3. The van der Waals surface area contributed by atoms with Gasteiger partial charge in [0.2, 0.25) is 16.6 Å². The van der Waals surface area contributed by atoms with Gasteiger partial charge in [0.25, 0.3) is 0 Å². The van der Waals surface area contributed by atoms with Gasteiger partial charge in [-0.3, -0.25) is 4.90 Å². The van der Waals surface area contributed by atoms with Crippen LogP contribution >= 0.6 is 0 Å². The SMILES string of the molecule is C[Si](C)(C)Oc1ccc(N2CCN([Si](C)(C)C)C2=O)cc1O[Si](C)(C)C. The Hall–Kier alpha value is -1.26. The molecule has 146 valence electrons. The highest BCUT2D eigenvalue weighted by molar-refractivity contribution is 6.75. The van der Waals surface area contributed by atoms with Gasteiger partial charge in [0.15, 0.2) is 8.24 Å². The number of rotatable bonds is 6. The summed E-state index contributed by atoms with van der Waals surface area (Å²) in [5.74, 6) is 1.56. The van der Waals surface area contributed by atoms with Crippen molar-refractivity contribution in [3.63, 3.8) is 0 Å². The highest BCUT2D eigenvalue weighted by Crippen LogP contribution is 2.36. The smallest absolute Gasteiger partial charge is 0.316 e. The van der Waals surface area contributed by atoms with E-state index in [1.165, 1.54) is 0 Å². The molecule has 1 aliphatic heterocycles. The van der Waals surface area contributed by atoms with E-state index in [9.17, 15) is 4.79 Å². The summed E-state index contributed by atoms with van der Waals surface area (Å²) in [5.41, 5.74) is 0.895. The number of nitrogens with zero attached hydrogens (tertiary/aromatic N) is 2. The summed E-state index contributed by atoms with van der Waals surface area (Å²) in [6, 6.07) is 6.05. The summed E-state index contributed by atoms with van der Waals surface area (Å²) in [7, 11) is -5.21. The molecule has 2 amide bonds. The van der Waals surface area contributed by atoms with E-state index in [-0.39, 0.29) is 6.03 Å². The van der Waals surface area contributed by atoms with Gasteiger partial charge in [-0.25, -0.2) is 4.79 Å². The van der Waals surface area contributed by atoms with E-state index in [0.717, 1.165) is 30.3 Å². The van der Waals surface area contributed by atoms with Crippen LogP contribution in [0, 0.1) is 0 Å². The van der Waals surface area contributed by atoms with Crippen LogP contribution in [0.4, 0.5) is 10.5 Å². The van der Waals surface area contributed by atoms with E-state index in [1.54, 1.807) is 0 Å². The molecule has 1 aliphatic rings. The topological polar surface area (TPSA) is 42.0 Å². The molecular weight excluding hydrogens is 376 g/mol. The van der Waals surface area contributed by atoms with E-state index in [1.807, 2.05) is 23.1 Å². The van der Waals surface area contributed by atoms with Crippen LogP contribution in [0.5, 0.6) is 11.5 Å². The number of hydrogen-bond acceptors (Lipinski definition) is 3. The Bertz CT molecular complexity index is 676. The van der Waals surface area contributed by atoms with Crippen molar-refractivity contribution in [3.8, 4) is 11.5 Å². The minimum absolute atomic E-state index is 0.113. The second-order valence-corrected chi connectivity index (χ2v) is 23.6. The largest absolute Gasteiger partial charge is 0.542 e. The minimum atomic E-state index is -1.80. The molecular formula is C18H34N2O3Si3. The summed E-state index contributed by atoms with van der Waals surface area (Å²) in [5, 5.41) is 0. The van der Waals surface area contributed by atoms with Gasteiger partial charge < -0.3 is 13.4 Å². The molecule has 1 fully saturated rings. The molecule has 1 saturated heterocycles. The molecule has 2 rings (SSSR count). The van der Waals surface area contributed by atoms with Gasteiger partial charge in [0, 0.05) is 24.8 Å². The van der Waals surface area contributed by atoms with E-state index in [2.05, 4.69) is 63.5 Å². The van der Waals surface area contributed by atoms with Crippen molar-refractivity contribution in [1.82, 2.24) is 4.57 Å². The Kier molecular flexibility index (Phi) is 5.70. The summed E-state index contributed by atoms with van der Waals surface area (Å²) >= 11 is 0. The fourth-order valence-corrected chi connectivity index (χ4v) is 6.00. The molecule has 26 heavy (non-hydrogen) atoms. The lowest BCUT2D eigenvalue weighted by Gasteiger charge is -2.30. The van der Waals surface area contributed by atoms with E-state index < -0.39 is 24.9 Å². The maximum absolute atomic E-state index is 12.9. The first kappa shape index (κ1) is 21.0. The molecule has 0 spiro atoms. The van der Waals surface area contributed by atoms with Crippen LogP contribution in [0.15, 0.2) is 18.2 Å².